The number of aldehydes is 1. The molecule has 0 aromatic carbocycles. The molecule has 0 spiro atoms. The minimum atomic E-state index is -0.430. The second-order valence-corrected chi connectivity index (χ2v) is 3.40. The first-order valence-electron chi connectivity index (χ1n) is 4.28. The van der Waals surface area contributed by atoms with Crippen molar-refractivity contribution in [3.05, 3.63) is 0 Å². The van der Waals surface area contributed by atoms with Crippen LogP contribution in [0.5, 0.6) is 0 Å². The summed E-state index contributed by atoms with van der Waals surface area (Å²) >= 11 is 0. The van der Waals surface area contributed by atoms with Crippen LogP contribution in [0.25, 0.3) is 0 Å². The molecule has 0 aliphatic heterocycles. The van der Waals surface area contributed by atoms with Gasteiger partial charge >= 0.3 is 0 Å². The molecule has 2 heteroatoms. The summed E-state index contributed by atoms with van der Waals surface area (Å²) in [5.74, 6) is 0.695. The van der Waals surface area contributed by atoms with Gasteiger partial charge in [0.1, 0.15) is 5.60 Å². The standard InChI is InChI=1S/C9H16O2/c1-3-8-4-5-9(6-8,7-10)11-2/h7-8H,3-6H2,1-2H3. The first-order chi connectivity index (χ1) is 5.26. The molecule has 0 saturated heterocycles. The zero-order valence-electron chi connectivity index (χ0n) is 7.30. The SMILES string of the molecule is CCC1CCC(C=O)(OC)C1. The van der Waals surface area contributed by atoms with Gasteiger partial charge < -0.3 is 9.53 Å². The van der Waals surface area contributed by atoms with Crippen molar-refractivity contribution < 1.29 is 9.53 Å². The van der Waals surface area contributed by atoms with Crippen LogP contribution in [0.4, 0.5) is 0 Å². The molecule has 0 bridgehead atoms. The van der Waals surface area contributed by atoms with E-state index >= 15 is 0 Å². The number of methoxy groups -OCH3 is 1. The van der Waals surface area contributed by atoms with Gasteiger partial charge in [-0.2, -0.15) is 0 Å². The average Bonchev–Trinajstić information content (AvgIpc) is 2.49. The maximum atomic E-state index is 10.7. The normalized spacial score (nSPS) is 37.5. The lowest BCUT2D eigenvalue weighted by Crippen LogP contribution is -2.29. The molecule has 1 saturated carbocycles. The predicted octanol–water partition coefficient (Wildman–Crippen LogP) is 1.78. The summed E-state index contributed by atoms with van der Waals surface area (Å²) in [5, 5.41) is 0. The van der Waals surface area contributed by atoms with Crippen molar-refractivity contribution in [1.29, 1.82) is 0 Å². The van der Waals surface area contributed by atoms with E-state index in [0.717, 1.165) is 25.5 Å². The topological polar surface area (TPSA) is 26.3 Å². The summed E-state index contributed by atoms with van der Waals surface area (Å²) in [6, 6.07) is 0. The second-order valence-electron chi connectivity index (χ2n) is 3.40. The van der Waals surface area contributed by atoms with E-state index in [1.165, 1.54) is 6.42 Å². The van der Waals surface area contributed by atoms with Crippen molar-refractivity contribution in [2.45, 2.75) is 38.2 Å². The van der Waals surface area contributed by atoms with Gasteiger partial charge in [0.25, 0.3) is 0 Å². The molecule has 0 radical (unpaired) electrons. The van der Waals surface area contributed by atoms with Crippen molar-refractivity contribution in [2.24, 2.45) is 5.92 Å². The van der Waals surface area contributed by atoms with Crippen LogP contribution in [-0.2, 0) is 9.53 Å². The van der Waals surface area contributed by atoms with Crippen LogP contribution in [0.15, 0.2) is 0 Å². The third-order valence-electron chi connectivity index (χ3n) is 2.81. The zero-order valence-corrected chi connectivity index (χ0v) is 7.30. The quantitative estimate of drug-likeness (QED) is 0.582. The number of carbonyl (C=O) groups is 1. The fraction of sp³-hybridized carbons (Fsp3) is 0.889. The second kappa shape index (κ2) is 3.35. The molecule has 0 aromatic rings. The first-order valence-corrected chi connectivity index (χ1v) is 4.28. The molecule has 2 nitrogen and oxygen atoms in total. The van der Waals surface area contributed by atoms with Gasteiger partial charge in [0.05, 0.1) is 0 Å². The van der Waals surface area contributed by atoms with E-state index in [-0.39, 0.29) is 0 Å². The number of rotatable bonds is 3. The molecule has 0 aromatic heterocycles. The third kappa shape index (κ3) is 1.62. The van der Waals surface area contributed by atoms with Crippen molar-refractivity contribution in [2.75, 3.05) is 7.11 Å². The summed E-state index contributed by atoms with van der Waals surface area (Å²) in [5.41, 5.74) is -0.430. The first kappa shape index (κ1) is 8.72. The lowest BCUT2D eigenvalue weighted by molar-refractivity contribution is -0.127. The van der Waals surface area contributed by atoms with Crippen molar-refractivity contribution in [3.63, 3.8) is 0 Å². The highest BCUT2D eigenvalue weighted by molar-refractivity contribution is 5.63. The largest absolute Gasteiger partial charge is 0.371 e. The van der Waals surface area contributed by atoms with E-state index in [1.54, 1.807) is 7.11 Å². The molecule has 64 valence electrons. The Kier molecular flexibility index (Phi) is 2.66. The summed E-state index contributed by atoms with van der Waals surface area (Å²) in [6.07, 6.45) is 5.11. The van der Waals surface area contributed by atoms with E-state index in [0.29, 0.717) is 5.92 Å². The van der Waals surface area contributed by atoms with Gasteiger partial charge in [-0.15, -0.1) is 0 Å². The van der Waals surface area contributed by atoms with Crippen LogP contribution in [0.2, 0.25) is 0 Å². The highest BCUT2D eigenvalue weighted by Crippen LogP contribution is 2.36. The van der Waals surface area contributed by atoms with E-state index in [1.807, 2.05) is 0 Å². The van der Waals surface area contributed by atoms with E-state index < -0.39 is 5.60 Å². The molecular formula is C9H16O2. The lowest BCUT2D eigenvalue weighted by atomic mass is 10.0. The Morgan fingerprint density at radius 3 is 2.73 bits per heavy atom. The molecule has 2 atom stereocenters. The highest BCUT2D eigenvalue weighted by Gasteiger charge is 2.38. The van der Waals surface area contributed by atoms with Crippen LogP contribution in [-0.4, -0.2) is 19.0 Å². The molecule has 1 aliphatic rings. The van der Waals surface area contributed by atoms with Gasteiger partial charge in [-0.05, 0) is 25.2 Å². The predicted molar refractivity (Wildman–Crippen MR) is 43.4 cm³/mol. The van der Waals surface area contributed by atoms with E-state index in [4.69, 9.17) is 4.74 Å². The molecule has 1 fully saturated rings. The van der Waals surface area contributed by atoms with Crippen LogP contribution in [0.3, 0.4) is 0 Å². The minimum absolute atomic E-state index is 0.430. The Bertz CT molecular complexity index is 144. The summed E-state index contributed by atoms with van der Waals surface area (Å²) < 4.78 is 5.21. The van der Waals surface area contributed by atoms with Crippen LogP contribution < -0.4 is 0 Å². The maximum absolute atomic E-state index is 10.7. The monoisotopic (exact) mass is 156 g/mol. The van der Waals surface area contributed by atoms with Crippen LogP contribution in [0.1, 0.15) is 32.6 Å². The fourth-order valence-corrected chi connectivity index (χ4v) is 1.83. The highest BCUT2D eigenvalue weighted by atomic mass is 16.5. The summed E-state index contributed by atoms with van der Waals surface area (Å²) in [4.78, 5) is 10.7. The van der Waals surface area contributed by atoms with E-state index in [2.05, 4.69) is 6.92 Å². The molecule has 0 amide bonds. The Morgan fingerprint density at radius 1 is 1.73 bits per heavy atom. The number of carbonyl (C=O) groups excluding carboxylic acids is 1. The molecule has 0 heterocycles. The molecule has 1 aliphatic carbocycles. The number of ether oxygens (including phenoxy) is 1. The van der Waals surface area contributed by atoms with Gasteiger partial charge in [-0.1, -0.05) is 13.3 Å². The maximum Gasteiger partial charge on any atom is 0.151 e. The van der Waals surface area contributed by atoms with Gasteiger partial charge in [-0.25, -0.2) is 0 Å². The Balaban J connectivity index is 2.54. The number of hydrogen-bond acceptors (Lipinski definition) is 2. The molecule has 1 rings (SSSR count). The van der Waals surface area contributed by atoms with Crippen molar-refractivity contribution in [3.8, 4) is 0 Å². The summed E-state index contributed by atoms with van der Waals surface area (Å²) in [6.45, 7) is 2.17. The summed E-state index contributed by atoms with van der Waals surface area (Å²) in [7, 11) is 1.63. The van der Waals surface area contributed by atoms with Crippen LogP contribution in [0, 0.1) is 5.92 Å². The van der Waals surface area contributed by atoms with Gasteiger partial charge in [0, 0.05) is 7.11 Å². The molecule has 0 N–H and O–H groups in total. The van der Waals surface area contributed by atoms with Crippen molar-refractivity contribution >= 4 is 6.29 Å². The molecular weight excluding hydrogens is 140 g/mol. The van der Waals surface area contributed by atoms with E-state index in [9.17, 15) is 4.79 Å². The molecule has 11 heavy (non-hydrogen) atoms. The third-order valence-corrected chi connectivity index (χ3v) is 2.81. The zero-order chi connectivity index (χ0) is 8.32. The van der Waals surface area contributed by atoms with Crippen molar-refractivity contribution in [1.82, 2.24) is 0 Å². The smallest absolute Gasteiger partial charge is 0.151 e. The Labute approximate surface area is 67.9 Å². The van der Waals surface area contributed by atoms with Gasteiger partial charge in [0.15, 0.2) is 6.29 Å². The Hall–Kier alpha value is -0.370. The fourth-order valence-electron chi connectivity index (χ4n) is 1.83. The van der Waals surface area contributed by atoms with Gasteiger partial charge in [-0.3, -0.25) is 0 Å². The lowest BCUT2D eigenvalue weighted by Gasteiger charge is -2.19. The molecule has 2 unspecified atom stereocenters. The van der Waals surface area contributed by atoms with Gasteiger partial charge in [0.2, 0.25) is 0 Å². The number of hydrogen-bond donors (Lipinski definition) is 0. The average molecular weight is 156 g/mol. The van der Waals surface area contributed by atoms with Crippen LogP contribution >= 0.6 is 0 Å². The Morgan fingerprint density at radius 2 is 2.45 bits per heavy atom. The minimum Gasteiger partial charge on any atom is -0.371 e.